The highest BCUT2D eigenvalue weighted by Gasteiger charge is 2.15. The Hall–Kier alpha value is -2.83. The predicted octanol–water partition coefficient (Wildman–Crippen LogP) is 4.51. The van der Waals surface area contributed by atoms with Crippen LogP contribution in [0.4, 0.5) is 5.82 Å². The summed E-state index contributed by atoms with van der Waals surface area (Å²) in [5.74, 6) is 1.50. The fraction of sp³-hybridized carbons (Fsp3) is 0.150. The summed E-state index contributed by atoms with van der Waals surface area (Å²) in [4.78, 5) is 14.5. The predicted molar refractivity (Wildman–Crippen MR) is 105 cm³/mol. The third-order valence-electron chi connectivity index (χ3n) is 4.02. The molecule has 0 atom stereocenters. The zero-order valence-electron chi connectivity index (χ0n) is 14.3. The summed E-state index contributed by atoms with van der Waals surface area (Å²) in [7, 11) is 1.65. The second kappa shape index (κ2) is 7.59. The quantitative estimate of drug-likeness (QED) is 0.547. The Balaban J connectivity index is 1.78. The minimum Gasteiger partial charge on any atom is -0.377 e. The van der Waals surface area contributed by atoms with E-state index in [1.807, 2.05) is 36.5 Å². The lowest BCUT2D eigenvalue weighted by Gasteiger charge is -2.10. The third kappa shape index (κ3) is 3.42. The maximum atomic E-state index is 5.23. The van der Waals surface area contributed by atoms with Gasteiger partial charge in [0.1, 0.15) is 17.3 Å². The molecule has 130 valence electrons. The van der Waals surface area contributed by atoms with Gasteiger partial charge in [-0.05, 0) is 17.2 Å². The van der Waals surface area contributed by atoms with Crippen molar-refractivity contribution >= 4 is 27.4 Å². The number of methoxy groups -OCH3 is 1. The molecule has 0 bridgehead atoms. The molecule has 5 nitrogen and oxygen atoms in total. The smallest absolute Gasteiger partial charge is 0.158 e. The molecule has 0 spiro atoms. The van der Waals surface area contributed by atoms with Gasteiger partial charge in [-0.3, -0.25) is 4.98 Å². The first-order valence-electron chi connectivity index (χ1n) is 8.30. The molecule has 1 N–H and O–H groups in total. The van der Waals surface area contributed by atoms with Gasteiger partial charge in [0.2, 0.25) is 0 Å². The van der Waals surface area contributed by atoms with Crippen molar-refractivity contribution in [1.29, 1.82) is 0 Å². The van der Waals surface area contributed by atoms with Gasteiger partial charge in [0.15, 0.2) is 5.82 Å². The molecule has 3 heterocycles. The minimum absolute atomic E-state index is 0.385. The first-order valence-corrected chi connectivity index (χ1v) is 9.18. The van der Waals surface area contributed by atoms with Crippen LogP contribution in [0.1, 0.15) is 11.4 Å². The highest BCUT2D eigenvalue weighted by molar-refractivity contribution is 7.17. The average molecular weight is 362 g/mol. The number of hydrogen-bond donors (Lipinski definition) is 1. The van der Waals surface area contributed by atoms with Crippen molar-refractivity contribution in [2.75, 3.05) is 12.4 Å². The van der Waals surface area contributed by atoms with E-state index >= 15 is 0 Å². The Morgan fingerprint density at radius 2 is 1.96 bits per heavy atom. The fourth-order valence-corrected chi connectivity index (χ4v) is 3.79. The molecule has 6 heteroatoms. The van der Waals surface area contributed by atoms with E-state index in [-0.39, 0.29) is 0 Å². The largest absolute Gasteiger partial charge is 0.377 e. The zero-order chi connectivity index (χ0) is 17.8. The van der Waals surface area contributed by atoms with Gasteiger partial charge in [-0.1, -0.05) is 36.4 Å². The van der Waals surface area contributed by atoms with Gasteiger partial charge in [0.05, 0.1) is 5.39 Å². The molecular formula is C20H18N4OS. The van der Waals surface area contributed by atoms with Crippen LogP contribution in [-0.2, 0) is 17.9 Å². The van der Waals surface area contributed by atoms with E-state index in [9.17, 15) is 0 Å². The minimum atomic E-state index is 0.385. The van der Waals surface area contributed by atoms with Crippen molar-refractivity contribution in [3.63, 3.8) is 0 Å². The molecule has 3 aromatic heterocycles. The fourth-order valence-electron chi connectivity index (χ4n) is 2.83. The van der Waals surface area contributed by atoms with Gasteiger partial charge in [-0.25, -0.2) is 9.97 Å². The van der Waals surface area contributed by atoms with E-state index in [1.54, 1.807) is 24.6 Å². The van der Waals surface area contributed by atoms with Gasteiger partial charge in [-0.15, -0.1) is 11.3 Å². The van der Waals surface area contributed by atoms with Crippen molar-refractivity contribution in [2.45, 2.75) is 13.2 Å². The molecule has 0 fully saturated rings. The maximum Gasteiger partial charge on any atom is 0.158 e. The summed E-state index contributed by atoms with van der Waals surface area (Å²) in [6, 6.07) is 14.3. The number of thiophene rings is 1. The summed E-state index contributed by atoms with van der Waals surface area (Å²) in [5, 5.41) is 6.64. The Morgan fingerprint density at radius 1 is 1.08 bits per heavy atom. The zero-order valence-corrected chi connectivity index (χ0v) is 15.2. The highest BCUT2D eigenvalue weighted by Crippen LogP contribution is 2.37. The normalized spacial score (nSPS) is 11.0. The lowest BCUT2D eigenvalue weighted by Crippen LogP contribution is -2.06. The summed E-state index contributed by atoms with van der Waals surface area (Å²) in [6.45, 7) is 1.03. The SMILES string of the molecule is COCc1nc(NCc2cccnc2)c2c(-c3ccccc3)csc2n1. The van der Waals surface area contributed by atoms with Crippen molar-refractivity contribution in [3.8, 4) is 11.1 Å². The standard InChI is InChI=1S/C20H18N4OS/c1-25-12-17-23-19(22-11-14-6-5-9-21-10-14)18-16(13-26-20(18)24-17)15-7-3-2-4-8-15/h2-10,13H,11-12H2,1H3,(H,22,23,24). The molecule has 0 radical (unpaired) electrons. The van der Waals surface area contributed by atoms with Crippen LogP contribution in [0.2, 0.25) is 0 Å². The number of nitrogens with zero attached hydrogens (tertiary/aromatic N) is 3. The first kappa shape index (κ1) is 16.6. The van der Waals surface area contributed by atoms with Crippen molar-refractivity contribution in [1.82, 2.24) is 15.0 Å². The molecule has 1 aromatic carbocycles. The molecule has 0 saturated heterocycles. The Kier molecular flexibility index (Phi) is 4.86. The molecule has 4 aromatic rings. The molecule has 0 amide bonds. The van der Waals surface area contributed by atoms with Gasteiger partial charge >= 0.3 is 0 Å². The van der Waals surface area contributed by atoms with Crippen molar-refractivity contribution in [2.24, 2.45) is 0 Å². The van der Waals surface area contributed by atoms with Crippen molar-refractivity contribution < 1.29 is 4.74 Å². The van der Waals surface area contributed by atoms with E-state index in [2.05, 4.69) is 32.8 Å². The van der Waals surface area contributed by atoms with E-state index in [0.29, 0.717) is 19.0 Å². The summed E-state index contributed by atoms with van der Waals surface area (Å²) in [6.07, 6.45) is 3.63. The number of rotatable bonds is 6. The molecule has 0 unspecified atom stereocenters. The summed E-state index contributed by atoms with van der Waals surface area (Å²) in [5.41, 5.74) is 3.40. The number of anilines is 1. The number of nitrogens with one attached hydrogen (secondary N) is 1. The Bertz CT molecular complexity index is 1000. The third-order valence-corrected chi connectivity index (χ3v) is 4.89. The summed E-state index contributed by atoms with van der Waals surface area (Å²) >= 11 is 1.63. The lowest BCUT2D eigenvalue weighted by atomic mass is 10.1. The van der Waals surface area contributed by atoms with Crippen LogP contribution in [0.25, 0.3) is 21.3 Å². The molecular weight excluding hydrogens is 344 g/mol. The molecule has 4 rings (SSSR count). The first-order chi connectivity index (χ1) is 12.8. The lowest BCUT2D eigenvalue weighted by molar-refractivity contribution is 0.178. The topological polar surface area (TPSA) is 59.9 Å². The van der Waals surface area contributed by atoms with E-state index < -0.39 is 0 Å². The van der Waals surface area contributed by atoms with Gasteiger partial charge in [-0.2, -0.15) is 0 Å². The van der Waals surface area contributed by atoms with Crippen LogP contribution in [0.3, 0.4) is 0 Å². The van der Waals surface area contributed by atoms with Crippen molar-refractivity contribution in [3.05, 3.63) is 71.6 Å². The van der Waals surface area contributed by atoms with Crippen LogP contribution in [0.15, 0.2) is 60.2 Å². The Morgan fingerprint density at radius 3 is 2.73 bits per heavy atom. The molecule has 0 aliphatic carbocycles. The van der Waals surface area contributed by atoms with Gasteiger partial charge in [0, 0.05) is 37.0 Å². The molecule has 0 aliphatic heterocycles. The van der Waals surface area contributed by atoms with Gasteiger partial charge < -0.3 is 10.1 Å². The molecule has 0 saturated carbocycles. The average Bonchev–Trinajstić information content (AvgIpc) is 3.12. The van der Waals surface area contributed by atoms with Crippen LogP contribution in [-0.4, -0.2) is 22.1 Å². The highest BCUT2D eigenvalue weighted by atomic mass is 32.1. The number of aromatic nitrogens is 3. The van der Waals surface area contributed by atoms with Crippen LogP contribution < -0.4 is 5.32 Å². The maximum absolute atomic E-state index is 5.23. The number of pyridine rings is 1. The second-order valence-corrected chi connectivity index (χ2v) is 6.69. The van der Waals surface area contributed by atoms with Crippen LogP contribution in [0, 0.1) is 0 Å². The molecule has 0 aliphatic rings. The van der Waals surface area contributed by atoms with Crippen LogP contribution in [0.5, 0.6) is 0 Å². The second-order valence-electron chi connectivity index (χ2n) is 5.83. The number of ether oxygens (including phenoxy) is 1. The Labute approximate surface area is 155 Å². The summed E-state index contributed by atoms with van der Waals surface area (Å²) < 4.78 is 5.23. The molecule has 26 heavy (non-hydrogen) atoms. The van der Waals surface area contributed by atoms with Gasteiger partial charge in [0.25, 0.3) is 0 Å². The monoisotopic (exact) mass is 362 g/mol. The van der Waals surface area contributed by atoms with E-state index in [4.69, 9.17) is 9.72 Å². The number of fused-ring (bicyclic) bond motifs is 1. The van der Waals surface area contributed by atoms with Crippen LogP contribution >= 0.6 is 11.3 Å². The van der Waals surface area contributed by atoms with E-state index in [1.165, 1.54) is 0 Å². The van der Waals surface area contributed by atoms with E-state index in [0.717, 1.165) is 32.7 Å². The number of benzene rings is 1. The number of hydrogen-bond acceptors (Lipinski definition) is 6.